The van der Waals surface area contributed by atoms with E-state index in [1.54, 1.807) is 18.2 Å². The normalized spacial score (nSPS) is 12.0. The Balaban J connectivity index is 0.00000196. The van der Waals surface area contributed by atoms with E-state index in [2.05, 4.69) is 0 Å². The first-order chi connectivity index (χ1) is 6.23. The molecule has 0 bridgehead atoms. The molecule has 0 amide bonds. The molecule has 0 atom stereocenters. The first-order valence-corrected chi connectivity index (χ1v) is 5.80. The Labute approximate surface area is 113 Å². The largest absolute Gasteiger partial charge is 1.00 e. The Morgan fingerprint density at radius 3 is 1.93 bits per heavy atom. The van der Waals surface area contributed by atoms with Crippen molar-refractivity contribution in [2.75, 3.05) is 0 Å². The van der Waals surface area contributed by atoms with E-state index in [9.17, 15) is 8.42 Å². The maximum atomic E-state index is 11.2. The molecule has 0 fully saturated rings. The summed E-state index contributed by atoms with van der Waals surface area (Å²) in [6.07, 6.45) is 0. The molecule has 0 saturated carbocycles. The maximum Gasteiger partial charge on any atom is 1.00 e. The van der Waals surface area contributed by atoms with Gasteiger partial charge < -0.3 is 5.14 Å². The van der Waals surface area contributed by atoms with E-state index in [1.165, 1.54) is 6.07 Å². The zero-order valence-electron chi connectivity index (χ0n) is 9.53. The van der Waals surface area contributed by atoms with Crippen molar-refractivity contribution in [3.8, 4) is 0 Å². The smallest absolute Gasteiger partial charge is 0.560 e. The molecular weight excluding hydrogens is 221 g/mol. The summed E-state index contributed by atoms with van der Waals surface area (Å²) in [4.78, 5) is 0.104. The molecule has 0 unspecified atom stereocenters. The summed E-state index contributed by atoms with van der Waals surface area (Å²) < 4.78 is 22.3. The van der Waals surface area contributed by atoms with Crippen molar-refractivity contribution < 1.29 is 38.0 Å². The minimum Gasteiger partial charge on any atom is -0.560 e. The van der Waals surface area contributed by atoms with Crippen LogP contribution in [-0.2, 0) is 15.4 Å². The van der Waals surface area contributed by atoms with Gasteiger partial charge in [0.05, 0.1) is 14.9 Å². The Morgan fingerprint density at radius 2 is 1.60 bits per heavy atom. The zero-order chi connectivity index (χ0) is 11.0. The molecule has 0 aliphatic heterocycles. The number of rotatable bonds is 1. The van der Waals surface area contributed by atoms with Gasteiger partial charge in [0.2, 0.25) is 0 Å². The molecule has 78 valence electrons. The molecule has 5 heteroatoms. The molecule has 0 heterocycles. The summed E-state index contributed by atoms with van der Waals surface area (Å²) in [5.41, 5.74) is 0.431. The molecule has 1 aromatic carbocycles. The molecule has 15 heavy (non-hydrogen) atoms. The van der Waals surface area contributed by atoms with E-state index < -0.39 is 10.0 Å². The summed E-state index contributed by atoms with van der Waals surface area (Å²) in [5, 5.41) is 7.07. The van der Waals surface area contributed by atoms with Gasteiger partial charge in [-0.25, -0.2) is 8.42 Å². The average Bonchev–Trinajstić information content (AvgIpc) is 2.01. The SMILES string of the molecule is CC(C)(C)c1ccccc1S([NH-])(=O)=O.[Na+]. The Bertz CT molecular complexity index is 435. The van der Waals surface area contributed by atoms with E-state index in [0.29, 0.717) is 5.56 Å². The van der Waals surface area contributed by atoms with Gasteiger partial charge in [0.15, 0.2) is 0 Å². The molecule has 1 aromatic rings. The molecule has 1 N–H and O–H groups in total. The van der Waals surface area contributed by atoms with Crippen LogP contribution in [0, 0.1) is 0 Å². The fourth-order valence-corrected chi connectivity index (χ4v) is 2.24. The van der Waals surface area contributed by atoms with Gasteiger partial charge in [-0.1, -0.05) is 39.0 Å². The zero-order valence-corrected chi connectivity index (χ0v) is 12.4. The molecule has 0 saturated heterocycles. The van der Waals surface area contributed by atoms with Crippen molar-refractivity contribution in [2.45, 2.75) is 31.1 Å². The van der Waals surface area contributed by atoms with Crippen LogP contribution in [0.1, 0.15) is 26.3 Å². The van der Waals surface area contributed by atoms with Crippen molar-refractivity contribution >= 4 is 10.0 Å². The molecule has 0 spiro atoms. The third-order valence-electron chi connectivity index (χ3n) is 1.98. The number of sulfonamides is 1. The first-order valence-electron chi connectivity index (χ1n) is 4.32. The third kappa shape index (κ3) is 3.89. The minimum atomic E-state index is -3.87. The van der Waals surface area contributed by atoms with E-state index in [0.717, 1.165) is 0 Å². The van der Waals surface area contributed by atoms with E-state index >= 15 is 0 Å². The Hall–Kier alpha value is 0.130. The standard InChI is InChI=1S/C10H14NO2S.Na/c1-10(2,3)8-6-4-5-7-9(8)14(11,12)13;/h4-7H,1-3H3,(H-,11,12,13);/q-1;+1. The van der Waals surface area contributed by atoms with Gasteiger partial charge in [0.1, 0.15) is 0 Å². The van der Waals surface area contributed by atoms with Gasteiger partial charge in [-0.3, -0.25) is 0 Å². The first kappa shape index (κ1) is 15.1. The van der Waals surface area contributed by atoms with Crippen LogP contribution in [0.15, 0.2) is 29.2 Å². The average molecular weight is 235 g/mol. The fraction of sp³-hybridized carbons (Fsp3) is 0.400. The van der Waals surface area contributed by atoms with Crippen LogP contribution in [0.5, 0.6) is 0 Å². The van der Waals surface area contributed by atoms with E-state index in [1.807, 2.05) is 20.8 Å². The summed E-state index contributed by atoms with van der Waals surface area (Å²) >= 11 is 0. The van der Waals surface area contributed by atoms with Crippen molar-refractivity contribution in [3.05, 3.63) is 35.0 Å². The summed E-state index contributed by atoms with van der Waals surface area (Å²) in [5.74, 6) is 0. The predicted octanol–water partition coefficient (Wildman–Crippen LogP) is -0.271. The maximum absolute atomic E-state index is 11.2. The molecule has 0 aliphatic rings. The van der Waals surface area contributed by atoms with Crippen LogP contribution in [0.25, 0.3) is 5.14 Å². The van der Waals surface area contributed by atoms with Gasteiger partial charge in [0, 0.05) is 0 Å². The molecule has 0 aromatic heterocycles. The van der Waals surface area contributed by atoms with E-state index in [4.69, 9.17) is 5.14 Å². The van der Waals surface area contributed by atoms with Crippen molar-refractivity contribution in [2.24, 2.45) is 0 Å². The molecule has 0 aliphatic carbocycles. The van der Waals surface area contributed by atoms with Crippen molar-refractivity contribution in [1.29, 1.82) is 0 Å². The van der Waals surface area contributed by atoms with Crippen molar-refractivity contribution in [3.63, 3.8) is 0 Å². The predicted molar refractivity (Wildman–Crippen MR) is 56.6 cm³/mol. The fourth-order valence-electron chi connectivity index (χ4n) is 1.32. The molecule has 0 radical (unpaired) electrons. The van der Waals surface area contributed by atoms with Gasteiger partial charge in [-0.15, -0.1) is 0 Å². The van der Waals surface area contributed by atoms with Crippen molar-refractivity contribution in [1.82, 2.24) is 0 Å². The molecule has 1 rings (SSSR count). The number of hydrogen-bond acceptors (Lipinski definition) is 2. The van der Waals surface area contributed by atoms with Gasteiger partial charge in [-0.2, -0.15) is 0 Å². The van der Waals surface area contributed by atoms with Gasteiger partial charge >= 0.3 is 29.6 Å². The van der Waals surface area contributed by atoms with Crippen LogP contribution in [0.2, 0.25) is 0 Å². The summed E-state index contributed by atoms with van der Waals surface area (Å²) in [7, 11) is -3.87. The number of benzene rings is 1. The Morgan fingerprint density at radius 1 is 1.13 bits per heavy atom. The second kappa shape index (κ2) is 4.97. The Kier molecular flexibility index (Phi) is 5.02. The minimum absolute atomic E-state index is 0. The number of nitrogens with one attached hydrogen (secondary N) is 1. The van der Waals surface area contributed by atoms with Crippen LogP contribution < -0.4 is 29.6 Å². The molecule has 3 nitrogen and oxygen atoms in total. The monoisotopic (exact) mass is 235 g/mol. The van der Waals surface area contributed by atoms with Crippen LogP contribution in [0.3, 0.4) is 0 Å². The van der Waals surface area contributed by atoms with Gasteiger partial charge in [0.25, 0.3) is 0 Å². The van der Waals surface area contributed by atoms with E-state index in [-0.39, 0.29) is 39.9 Å². The number of hydrogen-bond donors (Lipinski definition) is 0. The van der Waals surface area contributed by atoms with Crippen LogP contribution in [-0.4, -0.2) is 8.42 Å². The van der Waals surface area contributed by atoms with Gasteiger partial charge in [-0.05, 0) is 17.0 Å². The quantitative estimate of drug-likeness (QED) is 0.629. The van der Waals surface area contributed by atoms with Crippen LogP contribution in [0.4, 0.5) is 0 Å². The topological polar surface area (TPSA) is 57.9 Å². The second-order valence-electron chi connectivity index (χ2n) is 4.25. The van der Waals surface area contributed by atoms with Crippen LogP contribution >= 0.6 is 0 Å². The molecular formula is C10H14NNaO2S. The second-order valence-corrected chi connectivity index (χ2v) is 5.70. The summed E-state index contributed by atoms with van der Waals surface area (Å²) in [6, 6.07) is 6.65. The summed E-state index contributed by atoms with van der Waals surface area (Å²) in [6.45, 7) is 5.78. The third-order valence-corrected chi connectivity index (χ3v) is 2.92.